The standard InChI is InChI=1S/C17H17ClN2O/c18-14-5-3-13(4-6-14)17(21)20-15-7-1-12(2-8-15)11-16-9-10-19-16/h1-8,16,19H,9-11H2,(H,20,21)/t16-/m1/s1. The van der Waals surface area contributed by atoms with Crippen molar-refractivity contribution in [2.75, 3.05) is 11.9 Å². The first-order chi connectivity index (χ1) is 10.2. The molecule has 108 valence electrons. The van der Waals surface area contributed by atoms with Gasteiger partial charge >= 0.3 is 0 Å². The van der Waals surface area contributed by atoms with Gasteiger partial charge in [-0.05, 0) is 61.3 Å². The number of amides is 1. The monoisotopic (exact) mass is 300 g/mol. The van der Waals surface area contributed by atoms with Crippen LogP contribution in [-0.4, -0.2) is 18.5 Å². The maximum atomic E-state index is 12.1. The lowest BCUT2D eigenvalue weighted by Crippen LogP contribution is -2.44. The minimum absolute atomic E-state index is 0.125. The van der Waals surface area contributed by atoms with Gasteiger partial charge in [0.25, 0.3) is 5.91 Å². The van der Waals surface area contributed by atoms with Crippen LogP contribution >= 0.6 is 11.6 Å². The SMILES string of the molecule is O=C(Nc1ccc(C[C@H]2CCN2)cc1)c1ccc(Cl)cc1. The Hall–Kier alpha value is -1.84. The average molecular weight is 301 g/mol. The summed E-state index contributed by atoms with van der Waals surface area (Å²) in [5.41, 5.74) is 2.69. The number of nitrogens with one attached hydrogen (secondary N) is 2. The van der Waals surface area contributed by atoms with Crippen LogP contribution in [0, 0.1) is 0 Å². The van der Waals surface area contributed by atoms with E-state index < -0.39 is 0 Å². The highest BCUT2D eigenvalue weighted by atomic mass is 35.5. The predicted molar refractivity (Wildman–Crippen MR) is 86.0 cm³/mol. The van der Waals surface area contributed by atoms with Crippen molar-refractivity contribution in [3.05, 3.63) is 64.7 Å². The van der Waals surface area contributed by atoms with Gasteiger partial charge in [-0.15, -0.1) is 0 Å². The molecule has 2 N–H and O–H groups in total. The van der Waals surface area contributed by atoms with Crippen LogP contribution in [0.15, 0.2) is 48.5 Å². The molecule has 3 rings (SSSR count). The van der Waals surface area contributed by atoms with Gasteiger partial charge in [0.05, 0.1) is 0 Å². The fourth-order valence-electron chi connectivity index (χ4n) is 2.34. The maximum absolute atomic E-state index is 12.1. The van der Waals surface area contributed by atoms with E-state index in [1.165, 1.54) is 12.0 Å². The number of carbonyl (C=O) groups is 1. The lowest BCUT2D eigenvalue weighted by atomic mass is 9.98. The molecule has 0 radical (unpaired) electrons. The summed E-state index contributed by atoms with van der Waals surface area (Å²) in [6.07, 6.45) is 2.29. The van der Waals surface area contributed by atoms with Crippen molar-refractivity contribution >= 4 is 23.2 Å². The average Bonchev–Trinajstić information content (AvgIpc) is 2.45. The first-order valence-electron chi connectivity index (χ1n) is 7.10. The summed E-state index contributed by atoms with van der Waals surface area (Å²) in [6, 6.07) is 15.5. The Morgan fingerprint density at radius 1 is 1.14 bits per heavy atom. The smallest absolute Gasteiger partial charge is 0.255 e. The van der Waals surface area contributed by atoms with Crippen LogP contribution in [0.2, 0.25) is 5.02 Å². The Balaban J connectivity index is 1.61. The summed E-state index contributed by atoms with van der Waals surface area (Å²) in [7, 11) is 0. The van der Waals surface area contributed by atoms with Crippen LogP contribution in [0.4, 0.5) is 5.69 Å². The summed E-state index contributed by atoms with van der Waals surface area (Å²) in [5, 5.41) is 6.90. The number of halogens is 1. The summed E-state index contributed by atoms with van der Waals surface area (Å²) >= 11 is 5.82. The second-order valence-corrected chi connectivity index (χ2v) is 5.74. The van der Waals surface area contributed by atoms with E-state index in [1.54, 1.807) is 24.3 Å². The van der Waals surface area contributed by atoms with E-state index in [-0.39, 0.29) is 5.91 Å². The summed E-state index contributed by atoms with van der Waals surface area (Å²) in [5.74, 6) is -0.125. The van der Waals surface area contributed by atoms with Crippen molar-refractivity contribution in [1.82, 2.24) is 5.32 Å². The molecular formula is C17H17ClN2O. The first kappa shape index (κ1) is 14.1. The van der Waals surface area contributed by atoms with Crippen LogP contribution in [-0.2, 0) is 6.42 Å². The molecular weight excluding hydrogens is 284 g/mol. The highest BCUT2D eigenvalue weighted by Gasteiger charge is 2.16. The van der Waals surface area contributed by atoms with Gasteiger partial charge in [0, 0.05) is 22.3 Å². The van der Waals surface area contributed by atoms with Crippen molar-refractivity contribution in [2.45, 2.75) is 18.9 Å². The van der Waals surface area contributed by atoms with Crippen molar-refractivity contribution in [3.63, 3.8) is 0 Å². The topological polar surface area (TPSA) is 41.1 Å². The fraction of sp³-hybridized carbons (Fsp3) is 0.235. The first-order valence-corrected chi connectivity index (χ1v) is 7.48. The molecule has 2 aromatic carbocycles. The van der Waals surface area contributed by atoms with Gasteiger partial charge in [-0.1, -0.05) is 23.7 Å². The highest BCUT2D eigenvalue weighted by Crippen LogP contribution is 2.16. The van der Waals surface area contributed by atoms with Crippen molar-refractivity contribution < 1.29 is 4.79 Å². The molecule has 4 heteroatoms. The molecule has 0 saturated carbocycles. The number of hydrogen-bond donors (Lipinski definition) is 2. The quantitative estimate of drug-likeness (QED) is 0.907. The third-order valence-electron chi connectivity index (χ3n) is 3.73. The summed E-state index contributed by atoms with van der Waals surface area (Å²) in [6.45, 7) is 1.12. The molecule has 3 nitrogen and oxygen atoms in total. The molecule has 1 fully saturated rings. The van der Waals surface area contributed by atoms with Crippen LogP contribution in [0.3, 0.4) is 0 Å². The van der Waals surface area contributed by atoms with Crippen molar-refractivity contribution in [3.8, 4) is 0 Å². The van der Waals surface area contributed by atoms with E-state index >= 15 is 0 Å². The lowest BCUT2D eigenvalue weighted by Gasteiger charge is -2.27. The summed E-state index contributed by atoms with van der Waals surface area (Å²) < 4.78 is 0. The number of benzene rings is 2. The Labute approximate surface area is 129 Å². The molecule has 0 unspecified atom stereocenters. The molecule has 1 amide bonds. The Kier molecular flexibility index (Phi) is 4.23. The van der Waals surface area contributed by atoms with Crippen LogP contribution in [0.5, 0.6) is 0 Å². The van der Waals surface area contributed by atoms with Gasteiger partial charge < -0.3 is 10.6 Å². The van der Waals surface area contributed by atoms with Gasteiger partial charge in [-0.25, -0.2) is 0 Å². The molecule has 1 saturated heterocycles. The summed E-state index contributed by atoms with van der Waals surface area (Å²) in [4.78, 5) is 12.1. The molecule has 0 bridgehead atoms. The molecule has 0 aromatic heterocycles. The molecule has 21 heavy (non-hydrogen) atoms. The second kappa shape index (κ2) is 6.29. The second-order valence-electron chi connectivity index (χ2n) is 5.30. The van der Waals surface area contributed by atoms with E-state index in [9.17, 15) is 4.79 Å². The predicted octanol–water partition coefficient (Wildman–Crippen LogP) is 3.50. The third-order valence-corrected chi connectivity index (χ3v) is 3.98. The molecule has 0 aliphatic carbocycles. The van der Waals surface area contributed by atoms with Gasteiger partial charge in [0.15, 0.2) is 0 Å². The normalized spacial score (nSPS) is 17.1. The van der Waals surface area contributed by atoms with E-state index in [0.717, 1.165) is 18.7 Å². The van der Waals surface area contributed by atoms with E-state index in [0.29, 0.717) is 16.6 Å². The van der Waals surface area contributed by atoms with E-state index in [4.69, 9.17) is 11.6 Å². The fourth-order valence-corrected chi connectivity index (χ4v) is 2.46. The number of hydrogen-bond acceptors (Lipinski definition) is 2. The molecule has 1 heterocycles. The zero-order valence-electron chi connectivity index (χ0n) is 11.6. The molecule has 1 aliphatic heterocycles. The molecule has 0 spiro atoms. The van der Waals surface area contributed by atoms with Crippen LogP contribution in [0.1, 0.15) is 22.3 Å². The largest absolute Gasteiger partial charge is 0.322 e. The highest BCUT2D eigenvalue weighted by molar-refractivity contribution is 6.30. The Bertz CT molecular complexity index is 618. The Morgan fingerprint density at radius 2 is 1.81 bits per heavy atom. The maximum Gasteiger partial charge on any atom is 0.255 e. The molecule has 1 aliphatic rings. The molecule has 2 aromatic rings. The van der Waals surface area contributed by atoms with Gasteiger partial charge in [0.1, 0.15) is 0 Å². The van der Waals surface area contributed by atoms with Gasteiger partial charge in [0.2, 0.25) is 0 Å². The van der Waals surface area contributed by atoms with Crippen LogP contribution in [0.25, 0.3) is 0 Å². The lowest BCUT2D eigenvalue weighted by molar-refractivity contribution is 0.102. The minimum atomic E-state index is -0.125. The number of carbonyl (C=O) groups excluding carboxylic acids is 1. The Morgan fingerprint density at radius 3 is 2.38 bits per heavy atom. The molecule has 1 atom stereocenters. The van der Waals surface area contributed by atoms with E-state index in [1.807, 2.05) is 12.1 Å². The number of anilines is 1. The van der Waals surface area contributed by atoms with Crippen molar-refractivity contribution in [2.24, 2.45) is 0 Å². The van der Waals surface area contributed by atoms with Crippen LogP contribution < -0.4 is 10.6 Å². The van der Waals surface area contributed by atoms with Crippen molar-refractivity contribution in [1.29, 1.82) is 0 Å². The van der Waals surface area contributed by atoms with Gasteiger partial charge in [-0.3, -0.25) is 4.79 Å². The van der Waals surface area contributed by atoms with Gasteiger partial charge in [-0.2, -0.15) is 0 Å². The third kappa shape index (κ3) is 3.63. The number of rotatable bonds is 4. The van der Waals surface area contributed by atoms with E-state index in [2.05, 4.69) is 22.8 Å². The zero-order chi connectivity index (χ0) is 14.7. The zero-order valence-corrected chi connectivity index (χ0v) is 12.4. The minimum Gasteiger partial charge on any atom is -0.322 e.